The molecule has 0 aliphatic heterocycles. The van der Waals surface area contributed by atoms with Gasteiger partial charge in [-0.1, -0.05) is 30.3 Å². The highest BCUT2D eigenvalue weighted by Crippen LogP contribution is 2.19. The van der Waals surface area contributed by atoms with Crippen LogP contribution in [0, 0.1) is 0 Å². The fourth-order valence-corrected chi connectivity index (χ4v) is 2.99. The first kappa shape index (κ1) is 17.0. The second-order valence-electron chi connectivity index (χ2n) is 6.21. The zero-order valence-corrected chi connectivity index (χ0v) is 14.5. The summed E-state index contributed by atoms with van der Waals surface area (Å²) in [7, 11) is 3.41. The number of H-pyrrole nitrogens is 1. The maximum atomic E-state index is 12.6. The van der Waals surface area contributed by atoms with Gasteiger partial charge in [0.2, 0.25) is 5.91 Å². The van der Waals surface area contributed by atoms with Gasteiger partial charge in [-0.3, -0.25) is 4.79 Å². The quantitative estimate of drug-likeness (QED) is 0.726. The number of nitrogens with one attached hydrogen (secondary N) is 1. The summed E-state index contributed by atoms with van der Waals surface area (Å²) in [6.07, 6.45) is 2.44. The molecule has 130 valence electrons. The van der Waals surface area contributed by atoms with Gasteiger partial charge in [0.15, 0.2) is 0 Å². The van der Waals surface area contributed by atoms with Crippen LogP contribution in [0.1, 0.15) is 11.1 Å². The number of nitrogens with two attached hydrogens (primary N) is 1. The monoisotopic (exact) mass is 337 g/mol. The Morgan fingerprint density at radius 3 is 2.64 bits per heavy atom. The van der Waals surface area contributed by atoms with E-state index in [0.29, 0.717) is 13.0 Å². The molecule has 3 aromatic rings. The number of para-hydroxylation sites is 1. The van der Waals surface area contributed by atoms with Crippen molar-refractivity contribution < 1.29 is 9.53 Å². The molecule has 25 heavy (non-hydrogen) atoms. The third kappa shape index (κ3) is 3.83. The van der Waals surface area contributed by atoms with Gasteiger partial charge in [-0.2, -0.15) is 0 Å². The molecule has 0 saturated carbocycles. The lowest BCUT2D eigenvalue weighted by Crippen LogP contribution is -2.42. The summed E-state index contributed by atoms with van der Waals surface area (Å²) in [6, 6.07) is 15.1. The maximum Gasteiger partial charge on any atom is 0.239 e. The number of hydrogen-bond donors (Lipinski definition) is 2. The van der Waals surface area contributed by atoms with E-state index in [-0.39, 0.29) is 5.91 Å². The molecular weight excluding hydrogens is 314 g/mol. The van der Waals surface area contributed by atoms with Crippen molar-refractivity contribution in [1.29, 1.82) is 0 Å². The van der Waals surface area contributed by atoms with Crippen LogP contribution in [0.5, 0.6) is 5.75 Å². The first-order valence-corrected chi connectivity index (χ1v) is 8.27. The van der Waals surface area contributed by atoms with Gasteiger partial charge in [0, 0.05) is 30.7 Å². The Morgan fingerprint density at radius 1 is 1.20 bits per heavy atom. The number of fused-ring (bicyclic) bond motifs is 1. The van der Waals surface area contributed by atoms with Crippen LogP contribution in [0.4, 0.5) is 0 Å². The molecule has 0 fully saturated rings. The van der Waals surface area contributed by atoms with Gasteiger partial charge < -0.3 is 20.4 Å². The van der Waals surface area contributed by atoms with Gasteiger partial charge in [-0.05, 0) is 35.7 Å². The predicted octanol–water partition coefficient (Wildman–Crippen LogP) is 2.70. The normalized spacial score (nSPS) is 12.1. The zero-order valence-electron chi connectivity index (χ0n) is 14.5. The molecule has 1 atom stereocenters. The number of aromatic amines is 1. The topological polar surface area (TPSA) is 71.3 Å². The van der Waals surface area contributed by atoms with E-state index in [2.05, 4.69) is 4.98 Å². The molecule has 0 spiro atoms. The van der Waals surface area contributed by atoms with Crippen molar-refractivity contribution in [2.75, 3.05) is 14.2 Å². The summed E-state index contributed by atoms with van der Waals surface area (Å²) in [5.74, 6) is 0.731. The van der Waals surface area contributed by atoms with Crippen molar-refractivity contribution in [3.05, 3.63) is 65.9 Å². The third-order valence-corrected chi connectivity index (χ3v) is 4.39. The van der Waals surface area contributed by atoms with E-state index >= 15 is 0 Å². The zero-order chi connectivity index (χ0) is 17.8. The number of carbonyl (C=O) groups excluding carboxylic acids is 1. The summed E-state index contributed by atoms with van der Waals surface area (Å²) in [6.45, 7) is 0.518. The summed E-state index contributed by atoms with van der Waals surface area (Å²) in [5.41, 5.74) is 9.34. The molecule has 0 aliphatic rings. The maximum absolute atomic E-state index is 12.6. The van der Waals surface area contributed by atoms with Crippen LogP contribution in [-0.2, 0) is 17.8 Å². The number of nitrogens with zero attached hydrogens (tertiary/aromatic N) is 1. The third-order valence-electron chi connectivity index (χ3n) is 4.39. The molecule has 5 heteroatoms. The average molecular weight is 337 g/mol. The van der Waals surface area contributed by atoms with Crippen molar-refractivity contribution in [1.82, 2.24) is 9.88 Å². The molecule has 0 radical (unpaired) electrons. The Labute approximate surface area is 147 Å². The lowest BCUT2D eigenvalue weighted by molar-refractivity contribution is -0.131. The Morgan fingerprint density at radius 2 is 1.92 bits per heavy atom. The number of benzene rings is 2. The molecule has 0 unspecified atom stereocenters. The van der Waals surface area contributed by atoms with E-state index in [4.69, 9.17) is 10.5 Å². The molecule has 2 aromatic carbocycles. The fourth-order valence-electron chi connectivity index (χ4n) is 2.99. The van der Waals surface area contributed by atoms with Crippen molar-refractivity contribution in [2.24, 2.45) is 5.73 Å². The number of carbonyl (C=O) groups is 1. The number of amides is 1. The lowest BCUT2D eigenvalue weighted by atomic mass is 10.0. The number of aromatic nitrogens is 1. The van der Waals surface area contributed by atoms with Gasteiger partial charge in [-0.15, -0.1) is 0 Å². The molecule has 1 amide bonds. The number of hydrogen-bond acceptors (Lipinski definition) is 3. The van der Waals surface area contributed by atoms with Crippen molar-refractivity contribution >= 4 is 16.8 Å². The molecule has 0 saturated heterocycles. The van der Waals surface area contributed by atoms with Crippen LogP contribution in [0.2, 0.25) is 0 Å². The van der Waals surface area contributed by atoms with E-state index in [1.165, 1.54) is 0 Å². The summed E-state index contributed by atoms with van der Waals surface area (Å²) in [4.78, 5) is 17.5. The highest BCUT2D eigenvalue weighted by Gasteiger charge is 2.20. The molecule has 5 nitrogen and oxygen atoms in total. The molecular formula is C20H23N3O2. The van der Waals surface area contributed by atoms with Crippen LogP contribution in [0.25, 0.3) is 10.9 Å². The molecule has 1 aromatic heterocycles. The first-order valence-electron chi connectivity index (χ1n) is 8.27. The Kier molecular flexibility index (Phi) is 5.05. The van der Waals surface area contributed by atoms with E-state index in [9.17, 15) is 4.79 Å². The average Bonchev–Trinajstić information content (AvgIpc) is 3.04. The van der Waals surface area contributed by atoms with Crippen LogP contribution in [0.15, 0.2) is 54.7 Å². The highest BCUT2D eigenvalue weighted by atomic mass is 16.5. The minimum absolute atomic E-state index is 0.0684. The number of ether oxygens (including phenoxy) is 1. The van der Waals surface area contributed by atoms with Gasteiger partial charge in [0.1, 0.15) is 5.75 Å². The molecule has 0 bridgehead atoms. The van der Waals surface area contributed by atoms with Crippen molar-refractivity contribution in [2.45, 2.75) is 19.0 Å². The number of rotatable bonds is 6. The van der Waals surface area contributed by atoms with E-state index in [1.807, 2.05) is 54.7 Å². The van der Waals surface area contributed by atoms with E-state index in [1.54, 1.807) is 19.1 Å². The minimum atomic E-state index is -0.567. The largest absolute Gasteiger partial charge is 0.497 e. The van der Waals surface area contributed by atoms with Gasteiger partial charge in [0.05, 0.1) is 13.2 Å². The smallest absolute Gasteiger partial charge is 0.239 e. The first-order chi connectivity index (χ1) is 12.1. The summed E-state index contributed by atoms with van der Waals surface area (Å²) >= 11 is 0. The molecule has 0 aliphatic carbocycles. The standard InChI is InChI=1S/C20H23N3O2/c1-23(13-14-7-9-16(25-2)10-8-14)20(24)18(21)11-15-12-22-19-6-4-3-5-17(15)19/h3-10,12,18,22H,11,13,21H2,1-2H3/t18-/m0/s1. The van der Waals surface area contributed by atoms with Crippen LogP contribution < -0.4 is 10.5 Å². The van der Waals surface area contributed by atoms with Crippen LogP contribution in [0.3, 0.4) is 0 Å². The van der Waals surface area contributed by atoms with Crippen LogP contribution >= 0.6 is 0 Å². The van der Waals surface area contributed by atoms with E-state index < -0.39 is 6.04 Å². The molecule has 3 N–H and O–H groups in total. The van der Waals surface area contributed by atoms with Crippen LogP contribution in [-0.4, -0.2) is 36.0 Å². The highest BCUT2D eigenvalue weighted by molar-refractivity contribution is 5.86. The number of likely N-dealkylation sites (N-methyl/N-ethyl adjacent to an activating group) is 1. The second kappa shape index (κ2) is 7.40. The van der Waals surface area contributed by atoms with Gasteiger partial charge >= 0.3 is 0 Å². The minimum Gasteiger partial charge on any atom is -0.497 e. The van der Waals surface area contributed by atoms with Crippen molar-refractivity contribution in [3.63, 3.8) is 0 Å². The fraction of sp³-hybridized carbons (Fsp3) is 0.250. The SMILES string of the molecule is COc1ccc(CN(C)C(=O)[C@@H](N)Cc2c[nH]c3ccccc23)cc1. The Hall–Kier alpha value is -2.79. The Balaban J connectivity index is 1.64. The predicted molar refractivity (Wildman–Crippen MR) is 99.4 cm³/mol. The Bertz CT molecular complexity index is 855. The summed E-state index contributed by atoms with van der Waals surface area (Å²) in [5, 5.41) is 1.11. The number of methoxy groups -OCH3 is 1. The van der Waals surface area contributed by atoms with Gasteiger partial charge in [0.25, 0.3) is 0 Å². The lowest BCUT2D eigenvalue weighted by Gasteiger charge is -2.21. The van der Waals surface area contributed by atoms with E-state index in [0.717, 1.165) is 27.8 Å². The second-order valence-corrected chi connectivity index (χ2v) is 6.21. The van der Waals surface area contributed by atoms with Crippen molar-refractivity contribution in [3.8, 4) is 5.75 Å². The molecule has 1 heterocycles. The summed E-state index contributed by atoms with van der Waals surface area (Å²) < 4.78 is 5.15. The van der Waals surface area contributed by atoms with Gasteiger partial charge in [-0.25, -0.2) is 0 Å². The molecule has 3 rings (SSSR count).